The number of nitrogens with one attached hydrogen (secondary N) is 1. The van der Waals surface area contributed by atoms with Gasteiger partial charge in [0.2, 0.25) is 0 Å². The number of rotatable bonds is 8. The molecule has 3 N–H and O–H groups in total. The molecule has 0 spiro atoms. The number of hydrogen-bond acceptors (Lipinski definition) is 5. The fraction of sp³-hybridized carbons (Fsp3) is 0.538. The Morgan fingerprint density at radius 1 is 1.37 bits per heavy atom. The number of pyridine rings is 1. The van der Waals surface area contributed by atoms with Crippen molar-refractivity contribution in [2.75, 3.05) is 38.8 Å². The van der Waals surface area contributed by atoms with Crippen molar-refractivity contribution in [1.29, 1.82) is 0 Å². The summed E-state index contributed by atoms with van der Waals surface area (Å²) in [5.41, 5.74) is 9.23. The summed E-state index contributed by atoms with van der Waals surface area (Å²) in [6.07, 6.45) is 0. The van der Waals surface area contributed by atoms with Crippen molar-refractivity contribution in [3.63, 3.8) is 0 Å². The highest BCUT2D eigenvalue weighted by Gasteiger charge is 2.10. The first-order chi connectivity index (χ1) is 9.06. The molecule has 0 atom stereocenters. The minimum absolute atomic E-state index is 0.354. The first kappa shape index (κ1) is 15.8. The van der Waals surface area contributed by atoms with Gasteiger partial charge in [0.1, 0.15) is 4.99 Å². The molecule has 6 heteroatoms. The van der Waals surface area contributed by atoms with Crippen molar-refractivity contribution < 1.29 is 9.47 Å². The summed E-state index contributed by atoms with van der Waals surface area (Å²) in [6.45, 7) is 6.32. The fourth-order valence-electron chi connectivity index (χ4n) is 1.78. The average molecular weight is 283 g/mol. The van der Waals surface area contributed by atoms with Crippen molar-refractivity contribution in [1.82, 2.24) is 4.98 Å². The van der Waals surface area contributed by atoms with Crippen molar-refractivity contribution >= 4 is 22.9 Å². The van der Waals surface area contributed by atoms with Crippen LogP contribution < -0.4 is 11.1 Å². The zero-order valence-electron chi connectivity index (χ0n) is 11.7. The average Bonchev–Trinajstić information content (AvgIpc) is 2.32. The number of thiocarbonyl (C=S) groups is 1. The van der Waals surface area contributed by atoms with E-state index in [1.54, 1.807) is 7.11 Å². The van der Waals surface area contributed by atoms with E-state index in [-0.39, 0.29) is 0 Å². The van der Waals surface area contributed by atoms with Gasteiger partial charge in [-0.15, -0.1) is 0 Å². The lowest BCUT2D eigenvalue weighted by Crippen LogP contribution is -2.18. The topological polar surface area (TPSA) is 69.4 Å². The van der Waals surface area contributed by atoms with E-state index in [0.29, 0.717) is 31.4 Å². The lowest BCUT2D eigenvalue weighted by atomic mass is 10.1. The molecule has 0 radical (unpaired) electrons. The molecule has 0 unspecified atom stereocenters. The highest BCUT2D eigenvalue weighted by atomic mass is 32.1. The largest absolute Gasteiger partial charge is 0.389 e. The number of ether oxygens (including phenoxy) is 2. The van der Waals surface area contributed by atoms with Gasteiger partial charge in [-0.25, -0.2) is 0 Å². The van der Waals surface area contributed by atoms with E-state index in [1.807, 2.05) is 19.9 Å². The Morgan fingerprint density at radius 3 is 2.74 bits per heavy atom. The van der Waals surface area contributed by atoms with Crippen LogP contribution in [0.4, 0.5) is 5.69 Å². The molecule has 0 aliphatic carbocycles. The van der Waals surface area contributed by atoms with Gasteiger partial charge in [-0.3, -0.25) is 4.98 Å². The molecule has 106 valence electrons. The molecule has 5 nitrogen and oxygen atoms in total. The van der Waals surface area contributed by atoms with Gasteiger partial charge >= 0.3 is 0 Å². The van der Waals surface area contributed by atoms with E-state index in [0.717, 1.165) is 22.6 Å². The zero-order valence-corrected chi connectivity index (χ0v) is 12.5. The molecule has 0 amide bonds. The zero-order chi connectivity index (χ0) is 14.3. The molecule has 0 saturated carbocycles. The number of anilines is 1. The van der Waals surface area contributed by atoms with Crippen LogP contribution in [-0.2, 0) is 9.47 Å². The monoisotopic (exact) mass is 283 g/mol. The van der Waals surface area contributed by atoms with Crippen molar-refractivity contribution in [2.45, 2.75) is 13.8 Å². The molecular formula is C13H21N3O2S. The van der Waals surface area contributed by atoms with Crippen LogP contribution in [0.15, 0.2) is 6.07 Å². The number of nitrogens with zero attached hydrogens (tertiary/aromatic N) is 1. The first-order valence-corrected chi connectivity index (χ1v) is 6.55. The number of methoxy groups -OCH3 is 1. The van der Waals surface area contributed by atoms with Crippen LogP contribution >= 0.6 is 12.2 Å². The number of hydrogen-bond donors (Lipinski definition) is 2. The van der Waals surface area contributed by atoms with Crippen molar-refractivity contribution in [3.05, 3.63) is 23.0 Å². The van der Waals surface area contributed by atoms with Crippen LogP contribution in [-0.4, -0.2) is 43.4 Å². The Kier molecular flexibility index (Phi) is 6.69. The smallest absolute Gasteiger partial charge is 0.107 e. The van der Waals surface area contributed by atoms with Gasteiger partial charge in [0.05, 0.1) is 25.4 Å². The predicted octanol–water partition coefficient (Wildman–Crippen LogP) is 1.41. The summed E-state index contributed by atoms with van der Waals surface area (Å²) in [4.78, 5) is 4.72. The Bertz CT molecular complexity index is 438. The molecule has 1 heterocycles. The predicted molar refractivity (Wildman–Crippen MR) is 80.8 cm³/mol. The maximum absolute atomic E-state index is 5.74. The molecule has 0 aliphatic heterocycles. The normalized spacial score (nSPS) is 10.5. The van der Waals surface area contributed by atoms with Crippen LogP contribution in [0.25, 0.3) is 0 Å². The van der Waals surface area contributed by atoms with Gasteiger partial charge in [0.15, 0.2) is 0 Å². The Balaban J connectivity index is 2.59. The molecular weight excluding hydrogens is 262 g/mol. The van der Waals surface area contributed by atoms with Crippen LogP contribution in [0, 0.1) is 13.8 Å². The second-order valence-corrected chi connectivity index (χ2v) is 4.61. The van der Waals surface area contributed by atoms with E-state index in [2.05, 4.69) is 10.3 Å². The van der Waals surface area contributed by atoms with Gasteiger partial charge in [-0.2, -0.15) is 0 Å². The summed E-state index contributed by atoms with van der Waals surface area (Å²) < 4.78 is 10.3. The Morgan fingerprint density at radius 2 is 2.11 bits per heavy atom. The summed E-state index contributed by atoms with van der Waals surface area (Å²) in [5.74, 6) is 0. The lowest BCUT2D eigenvalue weighted by Gasteiger charge is -2.14. The molecule has 19 heavy (non-hydrogen) atoms. The Labute approximate surface area is 119 Å². The van der Waals surface area contributed by atoms with Gasteiger partial charge in [0.25, 0.3) is 0 Å². The molecule has 0 aromatic carbocycles. The van der Waals surface area contributed by atoms with Crippen molar-refractivity contribution in [2.24, 2.45) is 5.73 Å². The van der Waals surface area contributed by atoms with Gasteiger partial charge in [0, 0.05) is 30.7 Å². The van der Waals surface area contributed by atoms with Crippen LogP contribution in [0.3, 0.4) is 0 Å². The molecule has 0 bridgehead atoms. The maximum Gasteiger partial charge on any atom is 0.107 e. The van der Waals surface area contributed by atoms with E-state index >= 15 is 0 Å². The minimum atomic E-state index is 0.354. The quantitative estimate of drug-likeness (QED) is 0.555. The summed E-state index contributed by atoms with van der Waals surface area (Å²) >= 11 is 5.07. The van der Waals surface area contributed by atoms with E-state index in [4.69, 9.17) is 27.4 Å². The van der Waals surface area contributed by atoms with E-state index < -0.39 is 0 Å². The van der Waals surface area contributed by atoms with E-state index in [9.17, 15) is 0 Å². The van der Waals surface area contributed by atoms with Gasteiger partial charge in [-0.1, -0.05) is 12.2 Å². The maximum atomic E-state index is 5.74. The molecule has 0 aliphatic rings. The SMILES string of the molecule is COCCOCCNc1cc(C)nc(C)c1C(N)=S. The fourth-order valence-corrected chi connectivity index (χ4v) is 2.04. The minimum Gasteiger partial charge on any atom is -0.389 e. The summed E-state index contributed by atoms with van der Waals surface area (Å²) in [6, 6.07) is 1.94. The third kappa shape index (κ3) is 5.10. The number of aryl methyl sites for hydroxylation is 2. The van der Waals surface area contributed by atoms with Crippen LogP contribution in [0.2, 0.25) is 0 Å². The third-order valence-corrected chi connectivity index (χ3v) is 2.77. The second kappa shape index (κ2) is 8.04. The highest BCUT2D eigenvalue weighted by Crippen LogP contribution is 2.19. The summed E-state index contributed by atoms with van der Waals surface area (Å²) in [5, 5.41) is 3.28. The molecule has 0 saturated heterocycles. The molecule has 0 fully saturated rings. The first-order valence-electron chi connectivity index (χ1n) is 6.15. The van der Waals surface area contributed by atoms with Crippen LogP contribution in [0.5, 0.6) is 0 Å². The second-order valence-electron chi connectivity index (χ2n) is 4.17. The lowest BCUT2D eigenvalue weighted by molar-refractivity contribution is 0.0759. The standard InChI is InChI=1S/C13H21N3O2S/c1-9-8-11(12(13(14)19)10(2)16-9)15-4-5-18-7-6-17-3/h8H,4-7H2,1-3H3,(H2,14,19)(H,15,16). The number of nitrogens with two attached hydrogens (primary N) is 1. The molecule has 1 aromatic heterocycles. The third-order valence-electron chi connectivity index (χ3n) is 2.57. The van der Waals surface area contributed by atoms with Crippen LogP contribution in [0.1, 0.15) is 17.0 Å². The van der Waals surface area contributed by atoms with E-state index in [1.165, 1.54) is 0 Å². The number of aromatic nitrogens is 1. The Hall–Kier alpha value is -1.24. The summed E-state index contributed by atoms with van der Waals surface area (Å²) in [7, 11) is 1.65. The van der Waals surface area contributed by atoms with Gasteiger partial charge < -0.3 is 20.5 Å². The molecule has 1 rings (SSSR count). The molecule has 1 aromatic rings. The van der Waals surface area contributed by atoms with Gasteiger partial charge in [-0.05, 0) is 19.9 Å². The van der Waals surface area contributed by atoms with Crippen molar-refractivity contribution in [3.8, 4) is 0 Å². The highest BCUT2D eigenvalue weighted by molar-refractivity contribution is 7.80.